The molecule has 0 radical (unpaired) electrons. The van der Waals surface area contributed by atoms with E-state index in [9.17, 15) is 0 Å². The first-order chi connectivity index (χ1) is 6.15. The Bertz CT molecular complexity index is 281. The minimum atomic E-state index is 0.0289. The van der Waals surface area contributed by atoms with E-state index in [-0.39, 0.29) is 5.75 Å². The number of hydrogen-bond acceptors (Lipinski definition) is 2. The first-order valence-corrected chi connectivity index (χ1v) is 5.39. The molecule has 2 nitrogen and oxygen atoms in total. The van der Waals surface area contributed by atoms with Crippen LogP contribution < -0.4 is 4.74 Å². The second kappa shape index (κ2) is 4.94. The van der Waals surface area contributed by atoms with Gasteiger partial charge in [-0.2, -0.15) is 0 Å². The maximum Gasteiger partial charge on any atom is 0.156 e. The predicted octanol–water partition coefficient (Wildman–Crippen LogP) is 3.47. The number of phenols is 1. The summed E-state index contributed by atoms with van der Waals surface area (Å²) >= 11 is 14.8. The molecule has 0 unspecified atom stereocenters. The maximum absolute atomic E-state index is 9.11. The summed E-state index contributed by atoms with van der Waals surface area (Å²) in [5, 5.41) is 10.4. The van der Waals surface area contributed by atoms with Crippen molar-refractivity contribution in [3.8, 4) is 11.5 Å². The fourth-order valence-electron chi connectivity index (χ4n) is 0.825. The monoisotopic (exact) mass is 284 g/mol. The molecule has 0 saturated carbocycles. The van der Waals surface area contributed by atoms with Crippen molar-refractivity contribution in [2.75, 3.05) is 11.9 Å². The largest absolute Gasteiger partial charge is 0.508 e. The molecule has 0 aliphatic heterocycles. The van der Waals surface area contributed by atoms with E-state index in [1.54, 1.807) is 0 Å². The van der Waals surface area contributed by atoms with E-state index in [1.165, 1.54) is 12.1 Å². The van der Waals surface area contributed by atoms with Gasteiger partial charge < -0.3 is 9.84 Å². The van der Waals surface area contributed by atoms with Gasteiger partial charge in [0.25, 0.3) is 0 Å². The van der Waals surface area contributed by atoms with Crippen LogP contribution in [0.25, 0.3) is 0 Å². The lowest BCUT2D eigenvalue weighted by molar-refractivity contribution is 0.344. The molecule has 0 heterocycles. The van der Waals surface area contributed by atoms with Crippen molar-refractivity contribution in [3.63, 3.8) is 0 Å². The van der Waals surface area contributed by atoms with Crippen LogP contribution in [0.3, 0.4) is 0 Å². The molecule has 1 aromatic rings. The van der Waals surface area contributed by atoms with Crippen LogP contribution in [0.15, 0.2) is 12.1 Å². The Labute approximate surface area is 94.5 Å². The summed E-state index contributed by atoms with van der Waals surface area (Å²) < 4.78 is 5.25. The lowest BCUT2D eigenvalue weighted by Gasteiger charge is -2.08. The molecule has 0 amide bonds. The van der Waals surface area contributed by atoms with Crippen LogP contribution in [0.4, 0.5) is 0 Å². The summed E-state index contributed by atoms with van der Waals surface area (Å²) in [6, 6.07) is 2.77. The van der Waals surface area contributed by atoms with Gasteiger partial charge in [0, 0.05) is 17.5 Å². The highest BCUT2D eigenvalue weighted by Crippen LogP contribution is 2.36. The molecule has 0 aromatic heterocycles. The molecule has 1 N–H and O–H groups in total. The van der Waals surface area contributed by atoms with Crippen molar-refractivity contribution >= 4 is 39.1 Å². The van der Waals surface area contributed by atoms with Gasteiger partial charge in [0.1, 0.15) is 5.75 Å². The zero-order valence-electron chi connectivity index (χ0n) is 6.56. The van der Waals surface area contributed by atoms with Gasteiger partial charge in [0.15, 0.2) is 5.75 Å². The van der Waals surface area contributed by atoms with Crippen LogP contribution >= 0.6 is 39.1 Å². The van der Waals surface area contributed by atoms with Gasteiger partial charge in [0.05, 0.1) is 16.7 Å². The third kappa shape index (κ3) is 2.93. The average molecular weight is 286 g/mol. The summed E-state index contributed by atoms with van der Waals surface area (Å²) in [6.07, 6.45) is 0. The van der Waals surface area contributed by atoms with Crippen LogP contribution in [-0.4, -0.2) is 17.0 Å². The Morgan fingerprint density at radius 3 is 2.31 bits per heavy atom. The van der Waals surface area contributed by atoms with Crippen LogP contribution in [0.5, 0.6) is 11.5 Å². The fraction of sp³-hybridized carbons (Fsp3) is 0.250. The second-order valence-electron chi connectivity index (χ2n) is 2.28. The summed E-state index contributed by atoms with van der Waals surface area (Å²) in [5.41, 5.74) is 0. The van der Waals surface area contributed by atoms with Gasteiger partial charge in [0.2, 0.25) is 0 Å². The van der Waals surface area contributed by atoms with Gasteiger partial charge in [-0.25, -0.2) is 0 Å². The highest BCUT2D eigenvalue weighted by Gasteiger charge is 2.08. The Morgan fingerprint density at radius 1 is 1.31 bits per heavy atom. The molecule has 0 bridgehead atoms. The van der Waals surface area contributed by atoms with E-state index < -0.39 is 0 Å². The standard InChI is InChI=1S/C8H7BrCl2O2/c9-1-2-13-8-6(10)3-5(12)4-7(8)11/h3-4,12H,1-2H2. The van der Waals surface area contributed by atoms with Gasteiger partial charge >= 0.3 is 0 Å². The first-order valence-electron chi connectivity index (χ1n) is 3.52. The van der Waals surface area contributed by atoms with Gasteiger partial charge in [-0.1, -0.05) is 39.1 Å². The van der Waals surface area contributed by atoms with E-state index in [1.807, 2.05) is 0 Å². The summed E-state index contributed by atoms with van der Waals surface area (Å²) in [6.45, 7) is 0.476. The average Bonchev–Trinajstić information content (AvgIpc) is 2.02. The Balaban J connectivity index is 2.92. The number of hydrogen-bond donors (Lipinski definition) is 1. The van der Waals surface area contributed by atoms with Crippen molar-refractivity contribution in [1.82, 2.24) is 0 Å². The molecule has 0 aliphatic carbocycles. The number of alkyl halides is 1. The van der Waals surface area contributed by atoms with E-state index in [2.05, 4.69) is 15.9 Å². The summed E-state index contributed by atoms with van der Waals surface area (Å²) in [4.78, 5) is 0. The van der Waals surface area contributed by atoms with E-state index in [0.717, 1.165) is 0 Å². The summed E-state index contributed by atoms with van der Waals surface area (Å²) in [5.74, 6) is 0.432. The second-order valence-corrected chi connectivity index (χ2v) is 3.88. The van der Waals surface area contributed by atoms with E-state index in [4.69, 9.17) is 33.0 Å². The lowest BCUT2D eigenvalue weighted by atomic mass is 10.3. The fourth-order valence-corrected chi connectivity index (χ4v) is 1.57. The molecular formula is C8H7BrCl2O2. The first kappa shape index (κ1) is 11.0. The van der Waals surface area contributed by atoms with E-state index in [0.29, 0.717) is 27.7 Å². The van der Waals surface area contributed by atoms with Crippen molar-refractivity contribution in [1.29, 1.82) is 0 Å². The van der Waals surface area contributed by atoms with Gasteiger partial charge in [-0.15, -0.1) is 0 Å². The zero-order chi connectivity index (χ0) is 9.84. The van der Waals surface area contributed by atoms with Crippen molar-refractivity contribution < 1.29 is 9.84 Å². The van der Waals surface area contributed by atoms with Crippen LogP contribution in [0.1, 0.15) is 0 Å². The third-order valence-electron chi connectivity index (χ3n) is 1.31. The van der Waals surface area contributed by atoms with Crippen molar-refractivity contribution in [2.24, 2.45) is 0 Å². The van der Waals surface area contributed by atoms with E-state index >= 15 is 0 Å². The molecule has 0 saturated heterocycles. The van der Waals surface area contributed by atoms with Crippen LogP contribution in [0.2, 0.25) is 10.0 Å². The Kier molecular flexibility index (Phi) is 4.16. The minimum Gasteiger partial charge on any atom is -0.508 e. The van der Waals surface area contributed by atoms with Crippen molar-refractivity contribution in [2.45, 2.75) is 0 Å². The van der Waals surface area contributed by atoms with Crippen LogP contribution in [-0.2, 0) is 0 Å². The molecule has 0 atom stereocenters. The predicted molar refractivity (Wildman–Crippen MR) is 57.4 cm³/mol. The molecule has 0 aliphatic rings. The molecule has 13 heavy (non-hydrogen) atoms. The van der Waals surface area contributed by atoms with Crippen molar-refractivity contribution in [3.05, 3.63) is 22.2 Å². The normalized spacial score (nSPS) is 10.1. The third-order valence-corrected chi connectivity index (χ3v) is 2.19. The van der Waals surface area contributed by atoms with Crippen LogP contribution in [0, 0.1) is 0 Å². The number of halogens is 3. The molecule has 0 fully saturated rings. The van der Waals surface area contributed by atoms with Gasteiger partial charge in [-0.05, 0) is 0 Å². The SMILES string of the molecule is Oc1cc(Cl)c(OCCBr)c(Cl)c1. The summed E-state index contributed by atoms with van der Waals surface area (Å²) in [7, 11) is 0. The number of rotatable bonds is 3. The molecule has 5 heteroatoms. The van der Waals surface area contributed by atoms with Gasteiger partial charge in [-0.3, -0.25) is 0 Å². The molecule has 1 rings (SSSR count). The molecule has 72 valence electrons. The topological polar surface area (TPSA) is 29.5 Å². The lowest BCUT2D eigenvalue weighted by Crippen LogP contribution is -1.98. The Morgan fingerprint density at radius 2 is 1.85 bits per heavy atom. The smallest absolute Gasteiger partial charge is 0.156 e. The number of phenolic OH excluding ortho intramolecular Hbond substituents is 1. The zero-order valence-corrected chi connectivity index (χ0v) is 9.66. The molecule has 0 spiro atoms. The Hall–Kier alpha value is -0.120. The maximum atomic E-state index is 9.11. The number of aromatic hydroxyl groups is 1. The minimum absolute atomic E-state index is 0.0289. The highest BCUT2D eigenvalue weighted by atomic mass is 79.9. The molecular weight excluding hydrogens is 279 g/mol. The number of benzene rings is 1. The highest BCUT2D eigenvalue weighted by molar-refractivity contribution is 9.09. The molecule has 1 aromatic carbocycles. The quantitative estimate of drug-likeness (QED) is 0.862. The number of ether oxygens (including phenoxy) is 1.